The SMILES string of the molecule is CCOC(=O)Nc1c[n+](N2CCN(C(C)C)CC2(C)C)no1. The van der Waals surface area contributed by atoms with Crippen LogP contribution in [-0.4, -0.2) is 54.1 Å². The minimum atomic E-state index is -0.547. The zero-order valence-corrected chi connectivity index (χ0v) is 14.0. The molecule has 8 heteroatoms. The molecule has 0 aromatic carbocycles. The highest BCUT2D eigenvalue weighted by molar-refractivity contribution is 5.82. The molecule has 1 aliphatic heterocycles. The summed E-state index contributed by atoms with van der Waals surface area (Å²) in [4.78, 5) is 15.5. The summed E-state index contributed by atoms with van der Waals surface area (Å²) in [5.74, 6) is 0.264. The number of rotatable bonds is 4. The van der Waals surface area contributed by atoms with Crippen LogP contribution in [0.25, 0.3) is 0 Å². The average molecular weight is 312 g/mol. The molecule has 1 saturated heterocycles. The summed E-state index contributed by atoms with van der Waals surface area (Å²) in [6.45, 7) is 13.5. The van der Waals surface area contributed by atoms with Crippen molar-refractivity contribution >= 4 is 12.0 Å². The third kappa shape index (κ3) is 3.68. The van der Waals surface area contributed by atoms with E-state index in [1.165, 1.54) is 0 Å². The molecular weight excluding hydrogens is 286 g/mol. The Bertz CT molecular complexity index is 514. The topological polar surface area (TPSA) is 74.7 Å². The van der Waals surface area contributed by atoms with Crippen molar-refractivity contribution in [3.05, 3.63) is 6.20 Å². The minimum Gasteiger partial charge on any atom is -0.450 e. The molecule has 0 radical (unpaired) electrons. The van der Waals surface area contributed by atoms with Crippen molar-refractivity contribution in [2.24, 2.45) is 0 Å². The van der Waals surface area contributed by atoms with Gasteiger partial charge in [-0.25, -0.2) is 4.79 Å². The summed E-state index contributed by atoms with van der Waals surface area (Å²) in [6.07, 6.45) is 1.11. The number of nitrogens with zero attached hydrogens (tertiary/aromatic N) is 4. The molecular formula is C14H26N5O3+. The van der Waals surface area contributed by atoms with Gasteiger partial charge in [-0.05, 0) is 34.6 Å². The number of hydrogen-bond donors (Lipinski definition) is 1. The third-order valence-corrected chi connectivity index (χ3v) is 3.82. The predicted molar refractivity (Wildman–Crippen MR) is 81.2 cm³/mol. The molecule has 0 unspecified atom stereocenters. The van der Waals surface area contributed by atoms with Gasteiger partial charge in [-0.2, -0.15) is 0 Å². The number of anilines is 1. The van der Waals surface area contributed by atoms with E-state index >= 15 is 0 Å². The normalized spacial score (nSPS) is 18.5. The minimum absolute atomic E-state index is 0.0920. The number of carbonyl (C=O) groups excluding carboxylic acids is 1. The molecule has 1 aromatic heterocycles. The molecule has 0 saturated carbocycles. The zero-order valence-electron chi connectivity index (χ0n) is 14.0. The number of hydrogen-bond acceptors (Lipinski definition) is 6. The van der Waals surface area contributed by atoms with Crippen LogP contribution in [0.3, 0.4) is 0 Å². The van der Waals surface area contributed by atoms with Crippen LogP contribution in [0.4, 0.5) is 10.7 Å². The highest BCUT2D eigenvalue weighted by atomic mass is 16.6. The maximum atomic E-state index is 11.4. The standard InChI is InChI=1S/C14H25N5O3/c1-6-21-13(20)15-12-9-19(16-22-12)18-8-7-17(11(2)3)10-14(18,4)5/h9,11H,6-8,10H2,1-5H3/p+1. The molecule has 22 heavy (non-hydrogen) atoms. The molecule has 1 aliphatic rings. The van der Waals surface area contributed by atoms with Crippen LogP contribution >= 0.6 is 0 Å². The fourth-order valence-corrected chi connectivity index (χ4v) is 2.68. The molecule has 0 spiro atoms. The van der Waals surface area contributed by atoms with E-state index in [0.29, 0.717) is 12.6 Å². The van der Waals surface area contributed by atoms with Crippen LogP contribution in [-0.2, 0) is 4.74 Å². The molecule has 124 valence electrons. The number of carbonyl (C=O) groups is 1. The van der Waals surface area contributed by atoms with E-state index in [-0.39, 0.29) is 11.4 Å². The predicted octanol–water partition coefficient (Wildman–Crippen LogP) is 0.971. The fourth-order valence-electron chi connectivity index (χ4n) is 2.68. The molecule has 1 amide bonds. The molecule has 0 atom stereocenters. The van der Waals surface area contributed by atoms with Gasteiger partial charge in [-0.1, -0.05) is 0 Å². The van der Waals surface area contributed by atoms with Crippen LogP contribution < -0.4 is 15.1 Å². The van der Waals surface area contributed by atoms with Crippen LogP contribution in [0.1, 0.15) is 34.6 Å². The molecule has 1 aromatic rings. The van der Waals surface area contributed by atoms with E-state index in [9.17, 15) is 4.79 Å². The van der Waals surface area contributed by atoms with Crippen LogP contribution in [0.2, 0.25) is 0 Å². The summed E-state index contributed by atoms with van der Waals surface area (Å²) in [6, 6.07) is 0.518. The van der Waals surface area contributed by atoms with Gasteiger partial charge in [0, 0.05) is 19.1 Å². The maximum absolute atomic E-state index is 11.4. The summed E-state index contributed by atoms with van der Waals surface area (Å²) in [5, 5.41) is 8.64. The van der Waals surface area contributed by atoms with Crippen LogP contribution in [0, 0.1) is 0 Å². The van der Waals surface area contributed by atoms with Crippen molar-refractivity contribution in [2.75, 3.05) is 36.6 Å². The first-order valence-corrected chi connectivity index (χ1v) is 7.68. The molecule has 0 aliphatic carbocycles. The first kappa shape index (κ1) is 16.5. The van der Waals surface area contributed by atoms with Gasteiger partial charge in [0.2, 0.25) is 5.27 Å². The first-order chi connectivity index (χ1) is 10.3. The Kier molecular flexibility index (Phi) is 4.90. The lowest BCUT2D eigenvalue weighted by molar-refractivity contribution is -0.766. The number of nitrogens with one attached hydrogen (secondary N) is 1. The highest BCUT2D eigenvalue weighted by Crippen LogP contribution is 2.18. The molecule has 1 fully saturated rings. The molecule has 1 N–H and O–H groups in total. The first-order valence-electron chi connectivity index (χ1n) is 7.68. The van der Waals surface area contributed by atoms with E-state index in [2.05, 4.69) is 48.2 Å². The molecule has 0 bridgehead atoms. The lowest BCUT2D eigenvalue weighted by Gasteiger charge is -2.43. The van der Waals surface area contributed by atoms with E-state index < -0.39 is 6.09 Å². The van der Waals surface area contributed by atoms with E-state index in [0.717, 1.165) is 19.6 Å². The maximum Gasteiger partial charge on any atom is 0.414 e. The average Bonchev–Trinajstić information content (AvgIpc) is 2.85. The van der Waals surface area contributed by atoms with Gasteiger partial charge in [-0.3, -0.25) is 14.7 Å². The number of aromatic nitrogens is 2. The summed E-state index contributed by atoms with van der Waals surface area (Å²) < 4.78 is 9.96. The lowest BCUT2D eigenvalue weighted by Crippen LogP contribution is -2.74. The second-order valence-corrected chi connectivity index (χ2v) is 6.33. The van der Waals surface area contributed by atoms with Crippen molar-refractivity contribution in [3.8, 4) is 0 Å². The molecule has 8 nitrogen and oxygen atoms in total. The second kappa shape index (κ2) is 6.51. The van der Waals surface area contributed by atoms with Crippen molar-refractivity contribution in [3.63, 3.8) is 0 Å². The smallest absolute Gasteiger partial charge is 0.414 e. The number of amides is 1. The summed E-state index contributed by atoms with van der Waals surface area (Å²) in [7, 11) is 0. The van der Waals surface area contributed by atoms with Crippen molar-refractivity contribution in [1.29, 1.82) is 0 Å². The Balaban J connectivity index is 2.06. The van der Waals surface area contributed by atoms with Crippen molar-refractivity contribution in [2.45, 2.75) is 46.2 Å². The Hall–Kier alpha value is -1.83. The van der Waals surface area contributed by atoms with Crippen molar-refractivity contribution in [1.82, 2.24) is 10.2 Å². The quantitative estimate of drug-likeness (QED) is 0.835. The third-order valence-electron chi connectivity index (χ3n) is 3.82. The van der Waals surface area contributed by atoms with Crippen LogP contribution in [0.15, 0.2) is 10.7 Å². The summed E-state index contributed by atoms with van der Waals surface area (Å²) >= 11 is 0. The Morgan fingerprint density at radius 2 is 2.27 bits per heavy atom. The molecule has 2 rings (SSSR count). The van der Waals surface area contributed by atoms with Gasteiger partial charge in [0.05, 0.1) is 17.9 Å². The monoisotopic (exact) mass is 312 g/mol. The van der Waals surface area contributed by atoms with E-state index in [1.807, 2.05) is 0 Å². The van der Waals surface area contributed by atoms with E-state index in [4.69, 9.17) is 9.26 Å². The highest BCUT2D eigenvalue weighted by Gasteiger charge is 2.41. The fraction of sp³-hybridized carbons (Fsp3) is 0.786. The van der Waals surface area contributed by atoms with Gasteiger partial charge in [0.25, 0.3) is 6.20 Å². The van der Waals surface area contributed by atoms with E-state index in [1.54, 1.807) is 17.9 Å². The molecule has 2 heterocycles. The summed E-state index contributed by atoms with van der Waals surface area (Å²) in [5.41, 5.74) is -0.0920. The Morgan fingerprint density at radius 1 is 1.55 bits per heavy atom. The van der Waals surface area contributed by atoms with Crippen LogP contribution in [0.5, 0.6) is 0 Å². The lowest BCUT2D eigenvalue weighted by atomic mass is 10.00. The van der Waals surface area contributed by atoms with Gasteiger partial charge >= 0.3 is 12.0 Å². The van der Waals surface area contributed by atoms with Crippen molar-refractivity contribution < 1.29 is 18.8 Å². The van der Waals surface area contributed by atoms with Gasteiger partial charge in [0.15, 0.2) is 0 Å². The Morgan fingerprint density at radius 3 is 2.86 bits per heavy atom. The van der Waals surface area contributed by atoms with Gasteiger partial charge in [0.1, 0.15) is 5.54 Å². The zero-order chi connectivity index (χ0) is 16.3. The second-order valence-electron chi connectivity index (χ2n) is 6.33. The Labute approximate surface area is 130 Å². The van der Waals surface area contributed by atoms with Gasteiger partial charge < -0.3 is 4.74 Å². The largest absolute Gasteiger partial charge is 0.450 e. The number of piperazine rings is 1. The number of ether oxygens (including phenoxy) is 1. The van der Waals surface area contributed by atoms with Gasteiger partial charge in [-0.15, -0.1) is 5.01 Å².